The summed E-state index contributed by atoms with van der Waals surface area (Å²) in [5.74, 6) is 1.23. The van der Waals surface area contributed by atoms with Crippen molar-refractivity contribution in [2.45, 2.75) is 41.5 Å². The Morgan fingerprint density at radius 2 is 1.27 bits per heavy atom. The molecule has 0 atom stereocenters. The van der Waals surface area contributed by atoms with Crippen LogP contribution in [-0.4, -0.2) is 26.4 Å². The molecule has 0 bridgehead atoms. The summed E-state index contributed by atoms with van der Waals surface area (Å²) in [5.41, 5.74) is 0. The molecule has 0 aromatic carbocycles. The van der Waals surface area contributed by atoms with Crippen LogP contribution in [-0.2, 0) is 31.7 Å². The van der Waals surface area contributed by atoms with Crippen LogP contribution in [0.1, 0.15) is 41.5 Å². The topological polar surface area (TPSA) is 80.3 Å². The van der Waals surface area contributed by atoms with Gasteiger partial charge in [0.15, 0.2) is 0 Å². The van der Waals surface area contributed by atoms with Crippen LogP contribution in [0.15, 0.2) is 11.6 Å². The first-order valence-electron chi connectivity index (χ1n) is 7.46. The van der Waals surface area contributed by atoms with Crippen LogP contribution in [0.5, 0.6) is 0 Å². The van der Waals surface area contributed by atoms with Gasteiger partial charge in [0, 0.05) is 5.92 Å². The predicted molar refractivity (Wildman–Crippen MR) is 85.7 cm³/mol. The third kappa shape index (κ3) is 7.91. The fourth-order valence-corrected chi connectivity index (χ4v) is 4.46. The van der Waals surface area contributed by atoms with Crippen molar-refractivity contribution in [3.05, 3.63) is 11.6 Å². The number of hydrogen-bond acceptors (Lipinski definition) is 7. The van der Waals surface area contributed by atoms with Gasteiger partial charge in [-0.2, -0.15) is 0 Å². The van der Waals surface area contributed by atoms with Crippen LogP contribution in [0.25, 0.3) is 0 Å². The first-order valence-corrected chi connectivity index (χ1v) is 10.5. The van der Waals surface area contributed by atoms with Gasteiger partial charge in [-0.1, -0.05) is 13.8 Å². The molecule has 0 saturated carbocycles. The van der Waals surface area contributed by atoms with E-state index in [4.69, 9.17) is 22.6 Å². The summed E-state index contributed by atoms with van der Waals surface area (Å²) in [7, 11) is -7.23. The van der Waals surface area contributed by atoms with Crippen molar-refractivity contribution < 1.29 is 31.7 Å². The molecule has 0 amide bonds. The first-order chi connectivity index (χ1) is 10.3. The Balaban J connectivity index is 5.47. The third-order valence-corrected chi connectivity index (χ3v) is 5.65. The van der Waals surface area contributed by atoms with Crippen molar-refractivity contribution in [2.75, 3.05) is 26.4 Å². The molecular weight excluding hydrogens is 330 g/mol. The summed E-state index contributed by atoms with van der Waals surface area (Å²) >= 11 is 0. The molecule has 0 rings (SSSR count). The highest BCUT2D eigenvalue weighted by atomic mass is 31.2. The van der Waals surface area contributed by atoms with E-state index in [1.807, 2.05) is 0 Å². The van der Waals surface area contributed by atoms with Gasteiger partial charge in [-0.3, -0.25) is 13.6 Å². The highest BCUT2D eigenvalue weighted by molar-refractivity contribution is 7.57. The SMILES string of the molecule is CCOP(=O)(/C=C(\OP(=O)(OCC)OCC)C(C)C)OCC. The summed E-state index contributed by atoms with van der Waals surface area (Å²) in [6.07, 6.45) is 0. The lowest BCUT2D eigenvalue weighted by molar-refractivity contribution is 0.138. The van der Waals surface area contributed by atoms with Crippen LogP contribution >= 0.6 is 15.4 Å². The maximum atomic E-state index is 12.6. The van der Waals surface area contributed by atoms with Crippen molar-refractivity contribution in [3.63, 3.8) is 0 Å². The molecule has 0 spiro atoms. The molecule has 0 radical (unpaired) electrons. The lowest BCUT2D eigenvalue weighted by Gasteiger charge is -2.22. The maximum Gasteiger partial charge on any atom is 0.529 e. The van der Waals surface area contributed by atoms with E-state index in [1.54, 1.807) is 41.5 Å². The van der Waals surface area contributed by atoms with Gasteiger partial charge in [0.25, 0.3) is 0 Å². The van der Waals surface area contributed by atoms with E-state index in [2.05, 4.69) is 0 Å². The van der Waals surface area contributed by atoms with Crippen LogP contribution in [0.4, 0.5) is 0 Å². The molecule has 0 unspecified atom stereocenters. The minimum atomic E-state index is -3.75. The standard InChI is InChI=1S/C13H28O7P2/c1-7-16-21(14,17-8-2)11-13(12(5)6)20-22(15,18-9-3)19-10-4/h11-12H,7-10H2,1-6H3/b13-11-. The van der Waals surface area contributed by atoms with Crippen molar-refractivity contribution in [1.82, 2.24) is 0 Å². The molecule has 0 fully saturated rings. The van der Waals surface area contributed by atoms with Crippen molar-refractivity contribution in [2.24, 2.45) is 5.92 Å². The largest absolute Gasteiger partial charge is 0.529 e. The van der Waals surface area contributed by atoms with Gasteiger partial charge >= 0.3 is 15.4 Å². The summed E-state index contributed by atoms with van der Waals surface area (Å²) in [4.78, 5) is 0. The maximum absolute atomic E-state index is 12.6. The van der Waals surface area contributed by atoms with Crippen molar-refractivity contribution >= 4 is 15.4 Å². The average molecular weight is 358 g/mol. The molecule has 0 heterocycles. The smallest absolute Gasteiger partial charge is 0.408 e. The average Bonchev–Trinajstić information content (AvgIpc) is 2.38. The molecule has 0 aromatic heterocycles. The number of phosphoric ester groups is 1. The molecule has 9 heteroatoms. The summed E-state index contributed by atoms with van der Waals surface area (Å²) in [6, 6.07) is 0. The molecule has 7 nitrogen and oxygen atoms in total. The van der Waals surface area contributed by atoms with Crippen LogP contribution in [0.3, 0.4) is 0 Å². The first kappa shape index (κ1) is 21.8. The monoisotopic (exact) mass is 358 g/mol. The number of phosphoric acid groups is 1. The Bertz CT molecular complexity index is 414. The number of hydrogen-bond donors (Lipinski definition) is 0. The summed E-state index contributed by atoms with van der Waals surface area (Å²) < 4.78 is 51.0. The zero-order valence-corrected chi connectivity index (χ0v) is 16.0. The number of rotatable bonds is 12. The fourth-order valence-electron chi connectivity index (χ4n) is 1.44. The Kier molecular flexibility index (Phi) is 10.5. The Labute approximate surface area is 133 Å². The Hall–Kier alpha value is -0.160. The van der Waals surface area contributed by atoms with E-state index in [0.29, 0.717) is 0 Å². The molecule has 22 heavy (non-hydrogen) atoms. The molecule has 0 aromatic rings. The normalized spacial score (nSPS) is 13.7. The van der Waals surface area contributed by atoms with E-state index >= 15 is 0 Å². The van der Waals surface area contributed by atoms with Gasteiger partial charge in [-0.15, -0.1) is 0 Å². The quantitative estimate of drug-likeness (QED) is 0.361. The van der Waals surface area contributed by atoms with Gasteiger partial charge in [0.05, 0.1) is 32.2 Å². The lowest BCUT2D eigenvalue weighted by atomic mass is 10.2. The molecule has 0 aliphatic carbocycles. The van der Waals surface area contributed by atoms with Gasteiger partial charge in [0.2, 0.25) is 0 Å². The van der Waals surface area contributed by atoms with Crippen LogP contribution in [0, 0.1) is 5.92 Å². The highest BCUT2D eigenvalue weighted by Crippen LogP contribution is 2.56. The second-order valence-electron chi connectivity index (χ2n) is 4.44. The number of allylic oxidation sites excluding steroid dienone is 1. The van der Waals surface area contributed by atoms with E-state index in [9.17, 15) is 9.13 Å². The third-order valence-electron chi connectivity index (χ3n) is 2.26. The van der Waals surface area contributed by atoms with Crippen molar-refractivity contribution in [3.8, 4) is 0 Å². The minimum Gasteiger partial charge on any atom is -0.408 e. The van der Waals surface area contributed by atoms with Gasteiger partial charge < -0.3 is 13.6 Å². The minimum absolute atomic E-state index is 0.164. The predicted octanol–water partition coefficient (Wildman–Crippen LogP) is 4.95. The zero-order chi connectivity index (χ0) is 17.2. The molecule has 132 valence electrons. The second-order valence-corrected chi connectivity index (χ2v) is 7.88. The van der Waals surface area contributed by atoms with Crippen molar-refractivity contribution in [1.29, 1.82) is 0 Å². The molecule has 0 aliphatic rings. The highest BCUT2D eigenvalue weighted by Gasteiger charge is 2.32. The van der Waals surface area contributed by atoms with Gasteiger partial charge in [0.1, 0.15) is 5.76 Å². The van der Waals surface area contributed by atoms with Crippen LogP contribution in [0.2, 0.25) is 0 Å². The molecule has 0 N–H and O–H groups in total. The summed E-state index contributed by atoms with van der Waals surface area (Å²) in [6.45, 7) is 11.1. The van der Waals surface area contributed by atoms with Gasteiger partial charge in [-0.25, -0.2) is 4.57 Å². The second kappa shape index (κ2) is 10.6. The van der Waals surface area contributed by atoms with E-state index in [1.165, 1.54) is 5.82 Å². The molecule has 0 aliphatic heterocycles. The Morgan fingerprint density at radius 1 is 0.864 bits per heavy atom. The Morgan fingerprint density at radius 3 is 1.59 bits per heavy atom. The van der Waals surface area contributed by atoms with E-state index < -0.39 is 15.4 Å². The van der Waals surface area contributed by atoms with E-state index in [-0.39, 0.29) is 38.1 Å². The van der Waals surface area contributed by atoms with Crippen LogP contribution < -0.4 is 0 Å². The fraction of sp³-hybridized carbons (Fsp3) is 0.846. The zero-order valence-electron chi connectivity index (χ0n) is 14.2. The molecule has 0 saturated heterocycles. The molecular formula is C13H28O7P2. The van der Waals surface area contributed by atoms with E-state index in [0.717, 1.165) is 0 Å². The van der Waals surface area contributed by atoms with Gasteiger partial charge in [-0.05, 0) is 27.7 Å². The lowest BCUT2D eigenvalue weighted by Crippen LogP contribution is -2.05. The summed E-state index contributed by atoms with van der Waals surface area (Å²) in [5, 5.41) is 0.